The predicted molar refractivity (Wildman–Crippen MR) is 54.2 cm³/mol. The van der Waals surface area contributed by atoms with Gasteiger partial charge in [-0.1, -0.05) is 0 Å². The van der Waals surface area contributed by atoms with E-state index in [4.69, 9.17) is 0 Å². The zero-order chi connectivity index (χ0) is 10.9. The van der Waals surface area contributed by atoms with Crippen LogP contribution in [0.3, 0.4) is 0 Å². The first-order valence-corrected chi connectivity index (χ1v) is 5.01. The summed E-state index contributed by atoms with van der Waals surface area (Å²) in [7, 11) is 0. The summed E-state index contributed by atoms with van der Waals surface area (Å²) in [6.45, 7) is 0. The van der Waals surface area contributed by atoms with Gasteiger partial charge in [0.25, 0.3) is 0 Å². The molecule has 3 nitrogen and oxygen atoms in total. The quantitative estimate of drug-likeness (QED) is 0.598. The van der Waals surface area contributed by atoms with E-state index in [0.29, 0.717) is 0 Å². The summed E-state index contributed by atoms with van der Waals surface area (Å²) >= 11 is 4.59. The van der Waals surface area contributed by atoms with Gasteiger partial charge in [-0.2, -0.15) is 0 Å². The van der Waals surface area contributed by atoms with Crippen LogP contribution in [-0.2, 0) is 0 Å². The van der Waals surface area contributed by atoms with Crippen LogP contribution in [0.1, 0.15) is 0 Å². The maximum Gasteiger partial charge on any atom is 0.574 e. The van der Waals surface area contributed by atoms with E-state index in [1.165, 1.54) is 0 Å². The molecule has 0 unspecified atom stereocenters. The standard InChI is InChI=1S/C6H2BrF3INO2/c7-5-4(11)2(13)1-3(12-5)14-6(8,9)10/h1H,(H,12,13). The molecule has 0 aliphatic carbocycles. The zero-order valence-corrected chi connectivity index (χ0v) is 10.0. The van der Waals surface area contributed by atoms with Gasteiger partial charge in [-0.3, -0.25) is 4.79 Å². The van der Waals surface area contributed by atoms with E-state index >= 15 is 0 Å². The molecule has 0 spiro atoms. The number of ether oxygens (including phenoxy) is 1. The lowest BCUT2D eigenvalue weighted by molar-refractivity contribution is -0.276. The molecule has 0 radical (unpaired) electrons. The Kier molecular flexibility index (Phi) is 3.45. The van der Waals surface area contributed by atoms with E-state index in [9.17, 15) is 18.0 Å². The molecule has 14 heavy (non-hydrogen) atoms. The van der Waals surface area contributed by atoms with Gasteiger partial charge in [0.1, 0.15) is 4.60 Å². The molecular formula is C6H2BrF3INO2. The maximum atomic E-state index is 11.7. The molecule has 0 atom stereocenters. The van der Waals surface area contributed by atoms with E-state index in [-0.39, 0.29) is 8.17 Å². The number of aromatic amines is 1. The number of hydrogen-bond donors (Lipinski definition) is 1. The van der Waals surface area contributed by atoms with Crippen molar-refractivity contribution in [2.24, 2.45) is 0 Å². The van der Waals surface area contributed by atoms with E-state index in [2.05, 4.69) is 25.7 Å². The van der Waals surface area contributed by atoms with Gasteiger partial charge < -0.3 is 9.72 Å². The second-order valence-corrected chi connectivity index (χ2v) is 4.05. The summed E-state index contributed by atoms with van der Waals surface area (Å²) in [4.78, 5) is 13.3. The first-order valence-electron chi connectivity index (χ1n) is 3.13. The van der Waals surface area contributed by atoms with E-state index in [0.717, 1.165) is 6.07 Å². The minimum Gasteiger partial charge on any atom is -0.390 e. The summed E-state index contributed by atoms with van der Waals surface area (Å²) in [6, 6.07) is 0.736. The highest BCUT2D eigenvalue weighted by Gasteiger charge is 2.31. The third-order valence-electron chi connectivity index (χ3n) is 1.13. The number of aromatic nitrogens is 1. The van der Waals surface area contributed by atoms with Crippen LogP contribution in [0.2, 0.25) is 0 Å². The van der Waals surface area contributed by atoms with Crippen LogP contribution in [0.5, 0.6) is 5.88 Å². The average Bonchev–Trinajstić information content (AvgIpc) is 1.96. The fourth-order valence-electron chi connectivity index (χ4n) is 0.669. The topological polar surface area (TPSA) is 42.1 Å². The lowest BCUT2D eigenvalue weighted by atomic mass is 10.5. The van der Waals surface area contributed by atoms with Crippen molar-refractivity contribution in [1.29, 1.82) is 0 Å². The predicted octanol–water partition coefficient (Wildman–Crippen LogP) is 2.64. The highest BCUT2D eigenvalue weighted by atomic mass is 127. The highest BCUT2D eigenvalue weighted by molar-refractivity contribution is 14.1. The Balaban J connectivity index is 3.08. The van der Waals surface area contributed by atoms with Gasteiger partial charge >= 0.3 is 6.36 Å². The zero-order valence-electron chi connectivity index (χ0n) is 6.28. The molecule has 0 aromatic carbocycles. The van der Waals surface area contributed by atoms with Crippen molar-refractivity contribution < 1.29 is 17.9 Å². The van der Waals surface area contributed by atoms with Crippen LogP contribution in [0.4, 0.5) is 13.2 Å². The number of pyridine rings is 1. The Bertz CT molecular complexity index is 403. The minimum atomic E-state index is -4.81. The lowest BCUT2D eigenvalue weighted by Crippen LogP contribution is -2.20. The largest absolute Gasteiger partial charge is 0.574 e. The lowest BCUT2D eigenvalue weighted by Gasteiger charge is -2.08. The number of rotatable bonds is 1. The van der Waals surface area contributed by atoms with Gasteiger partial charge in [-0.25, -0.2) is 0 Å². The smallest absolute Gasteiger partial charge is 0.390 e. The van der Waals surface area contributed by atoms with Crippen molar-refractivity contribution in [3.63, 3.8) is 0 Å². The SMILES string of the molecule is O=c1cc(OC(F)(F)F)[nH]c(Br)c1I. The molecule has 1 rings (SSSR count). The monoisotopic (exact) mass is 383 g/mol. The molecule has 78 valence electrons. The molecule has 1 heterocycles. The van der Waals surface area contributed by atoms with Crippen molar-refractivity contribution in [3.8, 4) is 5.88 Å². The molecule has 0 bridgehead atoms. The minimum absolute atomic E-state index is 0.157. The van der Waals surface area contributed by atoms with Crippen LogP contribution in [-0.4, -0.2) is 11.3 Å². The van der Waals surface area contributed by atoms with E-state index in [1.54, 1.807) is 22.6 Å². The maximum absolute atomic E-state index is 11.7. The summed E-state index contributed by atoms with van der Waals surface area (Å²) in [5, 5.41) is 0. The number of halogens is 5. The van der Waals surface area contributed by atoms with Crippen LogP contribution >= 0.6 is 38.5 Å². The van der Waals surface area contributed by atoms with Gasteiger partial charge in [0.05, 0.1) is 3.57 Å². The second kappa shape index (κ2) is 4.09. The molecular weight excluding hydrogens is 382 g/mol. The Morgan fingerprint density at radius 3 is 2.50 bits per heavy atom. The molecule has 0 aliphatic heterocycles. The van der Waals surface area contributed by atoms with Gasteiger partial charge in [0.15, 0.2) is 5.43 Å². The normalized spacial score (nSPS) is 11.5. The Morgan fingerprint density at radius 2 is 2.07 bits per heavy atom. The molecule has 1 aromatic heterocycles. The molecule has 8 heteroatoms. The Morgan fingerprint density at radius 1 is 1.50 bits per heavy atom. The first-order chi connectivity index (χ1) is 6.29. The Hall–Kier alpha value is -0.250. The number of nitrogens with one attached hydrogen (secondary N) is 1. The first kappa shape index (κ1) is 11.8. The van der Waals surface area contributed by atoms with Crippen molar-refractivity contribution in [1.82, 2.24) is 4.98 Å². The van der Waals surface area contributed by atoms with E-state index in [1.807, 2.05) is 0 Å². The molecule has 1 aromatic rings. The molecule has 0 saturated carbocycles. The van der Waals surface area contributed by atoms with Crippen molar-refractivity contribution in [2.45, 2.75) is 6.36 Å². The molecule has 0 amide bonds. The highest BCUT2D eigenvalue weighted by Crippen LogP contribution is 2.22. The Labute approximate surface area is 97.9 Å². The van der Waals surface area contributed by atoms with Crippen LogP contribution in [0.25, 0.3) is 0 Å². The average molecular weight is 384 g/mol. The molecule has 0 aliphatic rings. The molecule has 0 saturated heterocycles. The van der Waals surface area contributed by atoms with Crippen molar-refractivity contribution in [3.05, 3.63) is 24.5 Å². The number of H-pyrrole nitrogens is 1. The van der Waals surface area contributed by atoms with Crippen LogP contribution in [0, 0.1) is 3.57 Å². The molecule has 0 fully saturated rings. The summed E-state index contributed by atoms with van der Waals surface area (Å²) in [5.74, 6) is -0.644. The van der Waals surface area contributed by atoms with Crippen LogP contribution in [0.15, 0.2) is 15.5 Å². The van der Waals surface area contributed by atoms with Gasteiger partial charge in [0, 0.05) is 6.07 Å². The van der Waals surface area contributed by atoms with Gasteiger partial charge in [-0.15, -0.1) is 13.2 Å². The van der Waals surface area contributed by atoms with Gasteiger partial charge in [0.2, 0.25) is 5.88 Å². The second-order valence-electron chi connectivity index (χ2n) is 2.17. The third kappa shape index (κ3) is 3.15. The molecule has 1 N–H and O–H groups in total. The number of hydrogen-bond acceptors (Lipinski definition) is 2. The van der Waals surface area contributed by atoms with Crippen LogP contribution < -0.4 is 10.2 Å². The fourth-order valence-corrected chi connectivity index (χ4v) is 1.35. The summed E-state index contributed by atoms with van der Waals surface area (Å²) in [6.07, 6.45) is -4.81. The van der Waals surface area contributed by atoms with E-state index < -0.39 is 17.7 Å². The number of alkyl halides is 3. The fraction of sp³-hybridized carbons (Fsp3) is 0.167. The van der Waals surface area contributed by atoms with Crippen molar-refractivity contribution >= 4 is 38.5 Å². The summed E-state index contributed by atoms with van der Waals surface area (Å²) < 4.78 is 39.2. The third-order valence-corrected chi connectivity index (χ3v) is 3.54. The van der Waals surface area contributed by atoms with Crippen molar-refractivity contribution in [2.75, 3.05) is 0 Å². The van der Waals surface area contributed by atoms with Gasteiger partial charge in [-0.05, 0) is 38.5 Å². The summed E-state index contributed by atoms with van der Waals surface area (Å²) in [5.41, 5.74) is -0.546.